The first-order valence-corrected chi connectivity index (χ1v) is 8.35. The summed E-state index contributed by atoms with van der Waals surface area (Å²) in [6.07, 6.45) is 8.26. The van der Waals surface area contributed by atoms with Crippen LogP contribution < -0.4 is 5.73 Å². The molecule has 3 N–H and O–H groups in total. The van der Waals surface area contributed by atoms with Crippen molar-refractivity contribution in [3.05, 3.63) is 0 Å². The molecule has 4 atom stereocenters. The number of nitrogens with two attached hydrogens (primary N) is 1. The summed E-state index contributed by atoms with van der Waals surface area (Å²) in [7, 11) is 0. The van der Waals surface area contributed by atoms with Crippen molar-refractivity contribution < 1.29 is 14.6 Å². The van der Waals surface area contributed by atoms with Gasteiger partial charge >= 0.3 is 0 Å². The molecule has 0 aromatic heterocycles. The first-order chi connectivity index (χ1) is 9.69. The normalized spacial score (nSPS) is 30.6. The van der Waals surface area contributed by atoms with Crippen LogP contribution in [0.3, 0.4) is 0 Å². The lowest BCUT2D eigenvalue weighted by molar-refractivity contribution is -0.112. The smallest absolute Gasteiger partial charge is 0.0752 e. The zero-order valence-corrected chi connectivity index (χ0v) is 13.2. The van der Waals surface area contributed by atoms with E-state index < -0.39 is 6.10 Å². The van der Waals surface area contributed by atoms with Crippen molar-refractivity contribution in [3.63, 3.8) is 0 Å². The molecule has 1 aliphatic heterocycles. The van der Waals surface area contributed by atoms with Crippen LogP contribution in [0.5, 0.6) is 0 Å². The minimum Gasteiger partial charge on any atom is -0.391 e. The summed E-state index contributed by atoms with van der Waals surface area (Å²) in [6.45, 7) is 5.97. The maximum Gasteiger partial charge on any atom is 0.0752 e. The number of aliphatic hydroxyl groups excluding tert-OH is 1. The van der Waals surface area contributed by atoms with Crippen LogP contribution in [0.4, 0.5) is 0 Å². The molecule has 0 amide bonds. The molecular weight excluding hydrogens is 254 g/mol. The Morgan fingerprint density at radius 1 is 1.15 bits per heavy atom. The van der Waals surface area contributed by atoms with Crippen molar-refractivity contribution in [1.29, 1.82) is 0 Å². The van der Waals surface area contributed by atoms with Gasteiger partial charge in [0.15, 0.2) is 0 Å². The fourth-order valence-corrected chi connectivity index (χ4v) is 2.80. The molecule has 4 nitrogen and oxygen atoms in total. The molecule has 0 aromatic carbocycles. The first kappa shape index (κ1) is 17.9. The summed E-state index contributed by atoms with van der Waals surface area (Å²) in [5, 5.41) is 9.95. The largest absolute Gasteiger partial charge is 0.391 e. The summed E-state index contributed by atoms with van der Waals surface area (Å²) in [5.41, 5.74) is 5.94. The molecular formula is C16H33NO3. The van der Waals surface area contributed by atoms with Gasteiger partial charge < -0.3 is 20.3 Å². The van der Waals surface area contributed by atoms with E-state index in [2.05, 4.69) is 13.8 Å². The second-order valence-corrected chi connectivity index (χ2v) is 5.90. The summed E-state index contributed by atoms with van der Waals surface area (Å²) in [4.78, 5) is 0. The van der Waals surface area contributed by atoms with Gasteiger partial charge in [-0.3, -0.25) is 0 Å². The molecule has 120 valence electrons. The highest BCUT2D eigenvalue weighted by molar-refractivity contribution is 4.87. The van der Waals surface area contributed by atoms with Crippen molar-refractivity contribution in [2.45, 2.75) is 89.6 Å². The minimum atomic E-state index is -0.402. The van der Waals surface area contributed by atoms with Gasteiger partial charge in [0.2, 0.25) is 0 Å². The number of aliphatic hydroxyl groups is 1. The molecule has 0 spiro atoms. The monoisotopic (exact) mass is 287 g/mol. The summed E-state index contributed by atoms with van der Waals surface area (Å²) in [6, 6.07) is -0.216. The minimum absolute atomic E-state index is 0.0196. The van der Waals surface area contributed by atoms with E-state index in [1.54, 1.807) is 0 Å². The van der Waals surface area contributed by atoms with Crippen LogP contribution in [0.25, 0.3) is 0 Å². The van der Waals surface area contributed by atoms with Crippen LogP contribution in [0.1, 0.15) is 65.2 Å². The van der Waals surface area contributed by atoms with Crippen LogP contribution in [-0.2, 0) is 9.47 Å². The summed E-state index contributed by atoms with van der Waals surface area (Å²) in [5.74, 6) is 0. The average Bonchev–Trinajstić information content (AvgIpc) is 2.45. The Balaban J connectivity index is 2.04. The Labute approximate surface area is 124 Å². The number of ether oxygens (including phenoxy) is 2. The molecule has 1 rings (SSSR count). The van der Waals surface area contributed by atoms with E-state index in [9.17, 15) is 5.11 Å². The van der Waals surface area contributed by atoms with Crippen molar-refractivity contribution in [1.82, 2.24) is 0 Å². The van der Waals surface area contributed by atoms with Gasteiger partial charge in [0.25, 0.3) is 0 Å². The van der Waals surface area contributed by atoms with Crippen LogP contribution in [-0.4, -0.2) is 42.7 Å². The van der Waals surface area contributed by atoms with E-state index in [-0.39, 0.29) is 18.2 Å². The second kappa shape index (κ2) is 10.6. The number of unbranched alkanes of at least 4 members (excludes halogenated alkanes) is 3. The van der Waals surface area contributed by atoms with Crippen LogP contribution in [0.2, 0.25) is 0 Å². The van der Waals surface area contributed by atoms with E-state index in [1.165, 1.54) is 12.8 Å². The Kier molecular flexibility index (Phi) is 9.44. The van der Waals surface area contributed by atoms with Gasteiger partial charge in [-0.05, 0) is 25.7 Å². The van der Waals surface area contributed by atoms with Crippen molar-refractivity contribution in [3.8, 4) is 0 Å². The maximum absolute atomic E-state index is 9.95. The standard InChI is InChI=1S/C16H33NO3/c1-3-10-19-11-8-6-5-7-9-13-12-14(18)16(17)15(4-2)20-13/h13-16,18H,3-12,17H2,1-2H3/t13-,14+,15+,16+/m0/s1. The highest BCUT2D eigenvalue weighted by Crippen LogP contribution is 2.24. The van der Waals surface area contributed by atoms with Crippen LogP contribution in [0, 0.1) is 0 Å². The fourth-order valence-electron chi connectivity index (χ4n) is 2.80. The fraction of sp³-hybridized carbons (Fsp3) is 1.00. The van der Waals surface area contributed by atoms with E-state index in [0.29, 0.717) is 6.42 Å². The Bertz CT molecular complexity index is 238. The molecule has 20 heavy (non-hydrogen) atoms. The van der Waals surface area contributed by atoms with Crippen LogP contribution in [0.15, 0.2) is 0 Å². The van der Waals surface area contributed by atoms with Crippen molar-refractivity contribution >= 4 is 0 Å². The molecule has 0 radical (unpaired) electrons. The number of hydrogen-bond acceptors (Lipinski definition) is 4. The van der Waals surface area contributed by atoms with Gasteiger partial charge in [0, 0.05) is 19.6 Å². The highest BCUT2D eigenvalue weighted by Gasteiger charge is 2.33. The molecule has 0 unspecified atom stereocenters. The highest BCUT2D eigenvalue weighted by atomic mass is 16.5. The SMILES string of the molecule is CCCOCCCCCC[C@H]1C[C@@H](O)[C@@H](N)[C@@H](CC)O1. The number of rotatable bonds is 10. The third-order valence-corrected chi connectivity index (χ3v) is 4.06. The van der Waals surface area contributed by atoms with Gasteiger partial charge in [0.1, 0.15) is 0 Å². The molecule has 4 heteroatoms. The number of hydrogen-bond donors (Lipinski definition) is 2. The molecule has 1 saturated heterocycles. The molecule has 1 fully saturated rings. The van der Waals surface area contributed by atoms with Gasteiger partial charge in [-0.15, -0.1) is 0 Å². The van der Waals surface area contributed by atoms with Crippen molar-refractivity contribution in [2.24, 2.45) is 5.73 Å². The van der Waals surface area contributed by atoms with Crippen LogP contribution >= 0.6 is 0 Å². The Morgan fingerprint density at radius 2 is 1.90 bits per heavy atom. The lowest BCUT2D eigenvalue weighted by Crippen LogP contribution is -2.52. The van der Waals surface area contributed by atoms with E-state index in [4.69, 9.17) is 15.2 Å². The molecule has 1 aliphatic rings. The zero-order chi connectivity index (χ0) is 14.8. The Morgan fingerprint density at radius 3 is 2.60 bits per heavy atom. The van der Waals surface area contributed by atoms with Gasteiger partial charge in [-0.2, -0.15) is 0 Å². The first-order valence-electron chi connectivity index (χ1n) is 8.35. The van der Waals surface area contributed by atoms with E-state index in [0.717, 1.165) is 45.3 Å². The zero-order valence-electron chi connectivity index (χ0n) is 13.2. The van der Waals surface area contributed by atoms with E-state index in [1.807, 2.05) is 0 Å². The topological polar surface area (TPSA) is 64.7 Å². The lowest BCUT2D eigenvalue weighted by Gasteiger charge is -2.37. The van der Waals surface area contributed by atoms with Gasteiger partial charge in [-0.1, -0.05) is 33.1 Å². The average molecular weight is 287 g/mol. The van der Waals surface area contributed by atoms with Crippen molar-refractivity contribution in [2.75, 3.05) is 13.2 Å². The van der Waals surface area contributed by atoms with Gasteiger partial charge in [-0.25, -0.2) is 0 Å². The summed E-state index contributed by atoms with van der Waals surface area (Å²) < 4.78 is 11.4. The second-order valence-electron chi connectivity index (χ2n) is 5.90. The lowest BCUT2D eigenvalue weighted by atomic mass is 9.92. The molecule has 0 bridgehead atoms. The third kappa shape index (κ3) is 6.53. The predicted molar refractivity (Wildman–Crippen MR) is 81.7 cm³/mol. The molecule has 0 aromatic rings. The van der Waals surface area contributed by atoms with Gasteiger partial charge in [0.05, 0.1) is 24.4 Å². The molecule has 0 aliphatic carbocycles. The molecule has 1 heterocycles. The predicted octanol–water partition coefficient (Wildman–Crippen LogP) is 2.62. The maximum atomic E-state index is 9.95. The van der Waals surface area contributed by atoms with E-state index >= 15 is 0 Å². The summed E-state index contributed by atoms with van der Waals surface area (Å²) >= 11 is 0. The quantitative estimate of drug-likeness (QED) is 0.606. The third-order valence-electron chi connectivity index (χ3n) is 4.06. The Hall–Kier alpha value is -0.160. The molecule has 0 saturated carbocycles.